The zero-order valence-electron chi connectivity index (χ0n) is 12.0. The summed E-state index contributed by atoms with van der Waals surface area (Å²) in [6.07, 6.45) is 0. The third-order valence-corrected chi connectivity index (χ3v) is 4.74. The van der Waals surface area contributed by atoms with Gasteiger partial charge >= 0.3 is 0 Å². The van der Waals surface area contributed by atoms with Crippen LogP contribution in [0.1, 0.15) is 17.2 Å². The monoisotopic (exact) mass is 354 g/mol. The Hall–Kier alpha value is -0.770. The molecule has 0 aromatic heterocycles. The number of benzene rings is 2. The highest BCUT2D eigenvalue weighted by Gasteiger charge is 2.25. The van der Waals surface area contributed by atoms with Crippen molar-refractivity contribution in [2.24, 2.45) is 0 Å². The largest absolute Gasteiger partial charge is 0.314 e. The van der Waals surface area contributed by atoms with Crippen LogP contribution in [-0.2, 0) is 0 Å². The lowest BCUT2D eigenvalue weighted by molar-refractivity contribution is 0.198. The summed E-state index contributed by atoms with van der Waals surface area (Å²) in [5.74, 6) is 0. The van der Waals surface area contributed by atoms with Gasteiger partial charge in [0.15, 0.2) is 0 Å². The van der Waals surface area contributed by atoms with Crippen LogP contribution in [0.4, 0.5) is 0 Å². The lowest BCUT2D eigenvalue weighted by Crippen LogP contribution is -2.45. The molecule has 5 heteroatoms. The molecule has 0 bridgehead atoms. The molecule has 22 heavy (non-hydrogen) atoms. The Bertz CT molecular complexity index is 654. The van der Waals surface area contributed by atoms with Crippen molar-refractivity contribution in [3.8, 4) is 0 Å². The highest BCUT2D eigenvalue weighted by atomic mass is 35.5. The minimum Gasteiger partial charge on any atom is -0.314 e. The van der Waals surface area contributed by atoms with Crippen LogP contribution in [0.25, 0.3) is 0 Å². The molecule has 0 spiro atoms. The molecule has 0 amide bonds. The second-order valence-electron chi connectivity index (χ2n) is 5.41. The van der Waals surface area contributed by atoms with Crippen molar-refractivity contribution in [2.45, 2.75) is 6.04 Å². The number of hydrogen-bond donors (Lipinski definition) is 1. The van der Waals surface area contributed by atoms with Crippen LogP contribution in [-0.4, -0.2) is 31.1 Å². The van der Waals surface area contributed by atoms with Crippen LogP contribution >= 0.6 is 34.8 Å². The maximum Gasteiger partial charge on any atom is 0.0617 e. The molecule has 0 radical (unpaired) electrons. The van der Waals surface area contributed by atoms with E-state index in [0.29, 0.717) is 10.0 Å². The van der Waals surface area contributed by atoms with Crippen molar-refractivity contribution in [2.75, 3.05) is 26.2 Å². The molecule has 2 aromatic rings. The Labute approximate surface area is 146 Å². The minimum absolute atomic E-state index is 0.0885. The van der Waals surface area contributed by atoms with E-state index in [2.05, 4.69) is 16.3 Å². The Morgan fingerprint density at radius 3 is 2.32 bits per heavy atom. The number of nitrogens with one attached hydrogen (secondary N) is 1. The smallest absolute Gasteiger partial charge is 0.0617 e. The van der Waals surface area contributed by atoms with E-state index in [4.69, 9.17) is 34.8 Å². The molecule has 1 atom stereocenters. The van der Waals surface area contributed by atoms with Gasteiger partial charge < -0.3 is 5.32 Å². The molecule has 2 aromatic carbocycles. The molecule has 1 saturated heterocycles. The highest BCUT2D eigenvalue weighted by Crippen LogP contribution is 2.35. The molecule has 1 aliphatic heterocycles. The summed E-state index contributed by atoms with van der Waals surface area (Å²) in [6.45, 7) is 3.89. The van der Waals surface area contributed by atoms with Crippen molar-refractivity contribution in [3.63, 3.8) is 0 Å². The van der Waals surface area contributed by atoms with Crippen LogP contribution in [0, 0.1) is 0 Å². The van der Waals surface area contributed by atoms with Gasteiger partial charge in [0.05, 0.1) is 6.04 Å². The Balaban J connectivity index is 2.05. The zero-order chi connectivity index (χ0) is 15.5. The van der Waals surface area contributed by atoms with Gasteiger partial charge in [-0.3, -0.25) is 4.90 Å². The van der Waals surface area contributed by atoms with Crippen LogP contribution in [0.5, 0.6) is 0 Å². The molecule has 0 aliphatic carbocycles. The van der Waals surface area contributed by atoms with E-state index in [1.54, 1.807) is 6.07 Å². The van der Waals surface area contributed by atoms with Gasteiger partial charge in [-0.1, -0.05) is 53.0 Å². The van der Waals surface area contributed by atoms with Gasteiger partial charge in [0.2, 0.25) is 0 Å². The predicted octanol–water partition coefficient (Wildman–Crippen LogP) is 4.64. The molecule has 1 unspecified atom stereocenters. The Morgan fingerprint density at radius 1 is 0.909 bits per heavy atom. The van der Waals surface area contributed by atoms with Gasteiger partial charge in [0.25, 0.3) is 0 Å². The summed E-state index contributed by atoms with van der Waals surface area (Å²) in [6, 6.07) is 13.8. The predicted molar refractivity (Wildman–Crippen MR) is 94.2 cm³/mol. The quantitative estimate of drug-likeness (QED) is 0.862. The fourth-order valence-electron chi connectivity index (χ4n) is 2.93. The summed E-state index contributed by atoms with van der Waals surface area (Å²) in [5, 5.41) is 5.47. The molecular weight excluding hydrogens is 339 g/mol. The van der Waals surface area contributed by atoms with Crippen molar-refractivity contribution >= 4 is 34.8 Å². The van der Waals surface area contributed by atoms with Crippen molar-refractivity contribution < 1.29 is 0 Å². The number of piperazine rings is 1. The molecule has 1 N–H and O–H groups in total. The number of halogens is 3. The normalized spacial score (nSPS) is 17.4. The molecule has 1 fully saturated rings. The van der Waals surface area contributed by atoms with E-state index in [9.17, 15) is 0 Å². The minimum atomic E-state index is 0.0885. The van der Waals surface area contributed by atoms with Crippen LogP contribution < -0.4 is 5.32 Å². The Morgan fingerprint density at radius 2 is 1.64 bits per heavy atom. The second-order valence-corrected chi connectivity index (χ2v) is 6.69. The van der Waals surface area contributed by atoms with Crippen LogP contribution in [0.2, 0.25) is 15.1 Å². The topological polar surface area (TPSA) is 15.3 Å². The van der Waals surface area contributed by atoms with Crippen LogP contribution in [0.3, 0.4) is 0 Å². The van der Waals surface area contributed by atoms with E-state index in [1.165, 1.54) is 0 Å². The molecule has 1 aliphatic rings. The van der Waals surface area contributed by atoms with Gasteiger partial charge in [0, 0.05) is 41.2 Å². The van der Waals surface area contributed by atoms with Crippen molar-refractivity contribution in [1.29, 1.82) is 0 Å². The maximum atomic E-state index is 6.47. The highest BCUT2D eigenvalue weighted by molar-refractivity contribution is 6.35. The fourth-order valence-corrected chi connectivity index (χ4v) is 3.64. The summed E-state index contributed by atoms with van der Waals surface area (Å²) >= 11 is 18.7. The summed E-state index contributed by atoms with van der Waals surface area (Å²) in [4.78, 5) is 2.43. The van der Waals surface area contributed by atoms with Gasteiger partial charge in [-0.05, 0) is 35.4 Å². The van der Waals surface area contributed by atoms with E-state index >= 15 is 0 Å². The second kappa shape index (κ2) is 7.20. The van der Waals surface area contributed by atoms with E-state index in [0.717, 1.165) is 42.3 Å². The average molecular weight is 356 g/mol. The lowest BCUT2D eigenvalue weighted by atomic mass is 9.96. The van der Waals surface area contributed by atoms with Crippen molar-refractivity contribution in [3.05, 3.63) is 68.7 Å². The molecule has 1 heterocycles. The van der Waals surface area contributed by atoms with E-state index in [-0.39, 0.29) is 6.04 Å². The van der Waals surface area contributed by atoms with Crippen LogP contribution in [0.15, 0.2) is 42.5 Å². The summed E-state index contributed by atoms with van der Waals surface area (Å²) in [5.41, 5.74) is 2.22. The van der Waals surface area contributed by atoms with E-state index < -0.39 is 0 Å². The molecule has 2 nitrogen and oxygen atoms in total. The average Bonchev–Trinajstić information content (AvgIpc) is 2.51. The first-order valence-electron chi connectivity index (χ1n) is 7.30. The molecule has 3 rings (SSSR count). The lowest BCUT2D eigenvalue weighted by Gasteiger charge is -2.36. The van der Waals surface area contributed by atoms with Gasteiger partial charge in [-0.2, -0.15) is 0 Å². The first-order valence-corrected chi connectivity index (χ1v) is 8.44. The first-order chi connectivity index (χ1) is 10.6. The molecular formula is C17H17Cl3N2. The molecule has 0 saturated carbocycles. The standard InChI is InChI=1S/C17H17Cl3N2/c18-13-3-1-2-12(10-13)17(22-8-6-21-7-9-22)15-5-4-14(19)11-16(15)20/h1-5,10-11,17,21H,6-9H2. The third-order valence-electron chi connectivity index (χ3n) is 3.94. The van der Waals surface area contributed by atoms with Gasteiger partial charge in [-0.25, -0.2) is 0 Å². The summed E-state index contributed by atoms with van der Waals surface area (Å²) in [7, 11) is 0. The van der Waals surface area contributed by atoms with Gasteiger partial charge in [-0.15, -0.1) is 0 Å². The number of hydrogen-bond acceptors (Lipinski definition) is 2. The maximum absolute atomic E-state index is 6.47. The fraction of sp³-hybridized carbons (Fsp3) is 0.294. The molecule has 116 valence electrons. The Kier molecular flexibility index (Phi) is 5.27. The third kappa shape index (κ3) is 3.58. The zero-order valence-corrected chi connectivity index (χ0v) is 14.3. The number of rotatable bonds is 3. The number of nitrogens with zero attached hydrogens (tertiary/aromatic N) is 1. The summed E-state index contributed by atoms with van der Waals surface area (Å²) < 4.78 is 0. The SMILES string of the molecule is Clc1cccc(C(c2ccc(Cl)cc2Cl)N2CCNCC2)c1. The van der Waals surface area contributed by atoms with E-state index in [1.807, 2.05) is 30.3 Å². The van der Waals surface area contributed by atoms with Gasteiger partial charge in [0.1, 0.15) is 0 Å². The van der Waals surface area contributed by atoms with Crippen molar-refractivity contribution in [1.82, 2.24) is 10.2 Å². The first kappa shape index (κ1) is 16.1.